The van der Waals surface area contributed by atoms with Gasteiger partial charge < -0.3 is 10.1 Å². The summed E-state index contributed by atoms with van der Waals surface area (Å²) in [6.45, 7) is 5.08. The maximum absolute atomic E-state index is 8.80. The van der Waals surface area contributed by atoms with Gasteiger partial charge in [-0.05, 0) is 18.3 Å². The molecular weight excluding hydrogens is 202 g/mol. The Hall–Kier alpha value is -1.08. The highest BCUT2D eigenvalue weighted by molar-refractivity contribution is 5.86. The highest BCUT2D eigenvalue weighted by Gasteiger charge is 2.44. The van der Waals surface area contributed by atoms with E-state index in [0.29, 0.717) is 17.8 Å². The minimum atomic E-state index is 0.294. The van der Waals surface area contributed by atoms with Gasteiger partial charge in [0.15, 0.2) is 0 Å². The Labute approximate surface area is 96.5 Å². The van der Waals surface area contributed by atoms with Gasteiger partial charge in [0, 0.05) is 38.4 Å². The zero-order valence-electron chi connectivity index (χ0n) is 9.82. The molecule has 2 rings (SSSR count). The van der Waals surface area contributed by atoms with Gasteiger partial charge in [-0.15, -0.1) is 0 Å². The first-order valence-electron chi connectivity index (χ1n) is 5.99. The molecule has 0 aromatic carbocycles. The summed E-state index contributed by atoms with van der Waals surface area (Å²) in [5.41, 5.74) is 1.21. The van der Waals surface area contributed by atoms with Gasteiger partial charge in [-0.2, -0.15) is 5.26 Å². The van der Waals surface area contributed by atoms with E-state index in [-0.39, 0.29) is 0 Å². The molecule has 0 bridgehead atoms. The summed E-state index contributed by atoms with van der Waals surface area (Å²) in [5.74, 6) is 0.344. The molecule has 1 aliphatic carbocycles. The Bertz CT molecular complexity index is 328. The molecule has 4 nitrogen and oxygen atoms in total. The van der Waals surface area contributed by atoms with E-state index in [1.54, 1.807) is 0 Å². The highest BCUT2D eigenvalue weighted by atomic mass is 16.4. The Balaban J connectivity index is 1.87. The van der Waals surface area contributed by atoms with Crippen LogP contribution in [0.3, 0.4) is 0 Å². The first-order chi connectivity index (χ1) is 7.69. The van der Waals surface area contributed by atoms with E-state index in [9.17, 15) is 0 Å². The third kappa shape index (κ3) is 2.35. The summed E-state index contributed by atoms with van der Waals surface area (Å²) in [4.78, 5) is 2.42. The van der Waals surface area contributed by atoms with Crippen LogP contribution in [-0.2, 0) is 0 Å². The highest BCUT2D eigenvalue weighted by Crippen LogP contribution is 2.49. The fraction of sp³-hybridized carbons (Fsp3) is 0.833. The molecule has 16 heavy (non-hydrogen) atoms. The van der Waals surface area contributed by atoms with Crippen LogP contribution in [0.1, 0.15) is 32.6 Å². The summed E-state index contributed by atoms with van der Waals surface area (Å²) in [6, 6.07) is 2.30. The molecule has 88 valence electrons. The van der Waals surface area contributed by atoms with Crippen LogP contribution in [-0.4, -0.2) is 35.5 Å². The first-order valence-corrected chi connectivity index (χ1v) is 5.99. The Morgan fingerprint density at radius 2 is 2.38 bits per heavy atom. The van der Waals surface area contributed by atoms with Crippen molar-refractivity contribution in [2.75, 3.05) is 19.6 Å². The van der Waals surface area contributed by atoms with Crippen LogP contribution in [0.15, 0.2) is 5.16 Å². The Morgan fingerprint density at radius 3 is 2.88 bits per heavy atom. The molecular formula is C12H19N3O. The molecule has 0 aromatic rings. The van der Waals surface area contributed by atoms with E-state index >= 15 is 0 Å². The van der Waals surface area contributed by atoms with E-state index in [1.807, 2.05) is 0 Å². The summed E-state index contributed by atoms with van der Waals surface area (Å²) in [7, 11) is 0. The topological polar surface area (TPSA) is 59.6 Å². The predicted molar refractivity (Wildman–Crippen MR) is 61.3 cm³/mol. The molecule has 0 radical (unpaired) electrons. The molecule has 1 unspecified atom stereocenters. The second-order valence-corrected chi connectivity index (χ2v) is 5.31. The van der Waals surface area contributed by atoms with Crippen LogP contribution in [0.4, 0.5) is 0 Å². The van der Waals surface area contributed by atoms with E-state index in [1.165, 1.54) is 12.8 Å². The fourth-order valence-corrected chi connectivity index (χ4v) is 2.60. The van der Waals surface area contributed by atoms with Crippen LogP contribution >= 0.6 is 0 Å². The van der Waals surface area contributed by atoms with Crippen molar-refractivity contribution in [2.24, 2.45) is 16.5 Å². The normalized spacial score (nSPS) is 31.2. The smallest absolute Gasteiger partial charge is 0.0628 e. The summed E-state index contributed by atoms with van der Waals surface area (Å²) in [5, 5.41) is 20.9. The third-order valence-corrected chi connectivity index (χ3v) is 3.88. The molecule has 1 saturated carbocycles. The first kappa shape index (κ1) is 11.4. The number of piperidine rings is 1. The van der Waals surface area contributed by atoms with Crippen molar-refractivity contribution in [1.29, 1.82) is 5.26 Å². The number of nitrogens with zero attached hydrogens (tertiary/aromatic N) is 3. The number of oxime groups is 1. The van der Waals surface area contributed by atoms with Crippen molar-refractivity contribution in [3.8, 4) is 6.07 Å². The van der Waals surface area contributed by atoms with Gasteiger partial charge >= 0.3 is 0 Å². The molecule has 4 heteroatoms. The van der Waals surface area contributed by atoms with Crippen molar-refractivity contribution in [1.82, 2.24) is 4.90 Å². The lowest BCUT2D eigenvalue weighted by Gasteiger charge is -2.33. The molecule has 1 aliphatic heterocycles. The second-order valence-electron chi connectivity index (χ2n) is 5.31. The zero-order valence-corrected chi connectivity index (χ0v) is 9.82. The number of hydrogen-bond acceptors (Lipinski definition) is 4. The van der Waals surface area contributed by atoms with E-state index in [0.717, 1.165) is 31.8 Å². The predicted octanol–water partition coefficient (Wildman–Crippen LogP) is 1.85. The van der Waals surface area contributed by atoms with Gasteiger partial charge in [0.1, 0.15) is 0 Å². The molecule has 0 spiro atoms. The van der Waals surface area contributed by atoms with E-state index in [4.69, 9.17) is 10.5 Å². The molecule has 0 amide bonds. The maximum Gasteiger partial charge on any atom is 0.0628 e. The quantitative estimate of drug-likeness (QED) is 0.584. The molecule has 0 aromatic heterocycles. The number of rotatable bonds is 3. The SMILES string of the molecule is CC1CN(CC2(CC#N)CC2)CCC1=NO. The van der Waals surface area contributed by atoms with E-state index in [2.05, 4.69) is 23.0 Å². The van der Waals surface area contributed by atoms with Crippen molar-refractivity contribution < 1.29 is 5.21 Å². The van der Waals surface area contributed by atoms with Crippen molar-refractivity contribution in [3.05, 3.63) is 0 Å². The summed E-state index contributed by atoms with van der Waals surface area (Å²) in [6.07, 6.45) is 3.96. The van der Waals surface area contributed by atoms with Gasteiger partial charge in [-0.25, -0.2) is 0 Å². The lowest BCUT2D eigenvalue weighted by atomic mass is 9.95. The van der Waals surface area contributed by atoms with E-state index < -0.39 is 0 Å². The van der Waals surface area contributed by atoms with Crippen LogP contribution < -0.4 is 0 Å². The molecule has 1 atom stereocenters. The molecule has 1 N–H and O–H groups in total. The molecule has 2 aliphatic rings. The standard InChI is InChI=1S/C12H19N3O/c1-10-8-15(7-2-11(10)14-16)9-12(3-4-12)5-6-13/h10,16H,2-5,7-9H2,1H3. The van der Waals surface area contributed by atoms with Crippen molar-refractivity contribution in [2.45, 2.75) is 32.6 Å². The zero-order chi connectivity index (χ0) is 11.6. The molecule has 1 heterocycles. The largest absolute Gasteiger partial charge is 0.411 e. The van der Waals surface area contributed by atoms with Crippen molar-refractivity contribution in [3.63, 3.8) is 0 Å². The van der Waals surface area contributed by atoms with Crippen LogP contribution in [0.25, 0.3) is 0 Å². The summed E-state index contributed by atoms with van der Waals surface area (Å²) >= 11 is 0. The van der Waals surface area contributed by atoms with Gasteiger partial charge in [-0.3, -0.25) is 0 Å². The summed E-state index contributed by atoms with van der Waals surface area (Å²) < 4.78 is 0. The van der Waals surface area contributed by atoms with Crippen LogP contribution in [0, 0.1) is 22.7 Å². The monoisotopic (exact) mass is 221 g/mol. The average Bonchev–Trinajstić information content (AvgIpc) is 2.99. The lowest BCUT2D eigenvalue weighted by Crippen LogP contribution is -2.42. The van der Waals surface area contributed by atoms with Gasteiger partial charge in [0.25, 0.3) is 0 Å². The Morgan fingerprint density at radius 1 is 1.62 bits per heavy atom. The second kappa shape index (κ2) is 4.42. The molecule has 2 fully saturated rings. The Kier molecular flexibility index (Phi) is 3.15. The third-order valence-electron chi connectivity index (χ3n) is 3.88. The number of hydrogen-bond donors (Lipinski definition) is 1. The van der Waals surface area contributed by atoms with Gasteiger partial charge in [0.05, 0.1) is 11.8 Å². The minimum absolute atomic E-state index is 0.294. The van der Waals surface area contributed by atoms with Gasteiger partial charge in [0.2, 0.25) is 0 Å². The fourth-order valence-electron chi connectivity index (χ4n) is 2.60. The maximum atomic E-state index is 8.80. The lowest BCUT2D eigenvalue weighted by molar-refractivity contribution is 0.195. The molecule has 1 saturated heterocycles. The van der Waals surface area contributed by atoms with Gasteiger partial charge in [-0.1, -0.05) is 12.1 Å². The number of likely N-dealkylation sites (tertiary alicyclic amines) is 1. The van der Waals surface area contributed by atoms with Crippen LogP contribution in [0.2, 0.25) is 0 Å². The number of nitriles is 1. The average molecular weight is 221 g/mol. The van der Waals surface area contributed by atoms with Crippen LogP contribution in [0.5, 0.6) is 0 Å². The van der Waals surface area contributed by atoms with Crippen molar-refractivity contribution >= 4 is 5.71 Å². The minimum Gasteiger partial charge on any atom is -0.411 e.